The number of ether oxygens (including phenoxy) is 2. The molecule has 0 radical (unpaired) electrons. The molecule has 6 aliphatic rings. The molecule has 2 heterocycles. The molecule has 4 saturated carbocycles. The summed E-state index contributed by atoms with van der Waals surface area (Å²) < 4.78 is 11.6. The van der Waals surface area contributed by atoms with Crippen molar-refractivity contribution in [1.82, 2.24) is 9.80 Å². The first-order valence-corrected chi connectivity index (χ1v) is 11.8. The minimum atomic E-state index is -0.534. The van der Waals surface area contributed by atoms with Gasteiger partial charge in [-0.15, -0.1) is 0 Å². The fourth-order valence-electron chi connectivity index (χ4n) is 7.32. The van der Waals surface area contributed by atoms with E-state index in [9.17, 15) is 14.4 Å². The minimum absolute atomic E-state index is 0.000897. The Balaban J connectivity index is 1.21. The van der Waals surface area contributed by atoms with Gasteiger partial charge in [0.25, 0.3) is 0 Å². The lowest BCUT2D eigenvalue weighted by Crippen LogP contribution is -2.59. The zero-order valence-electron chi connectivity index (χ0n) is 18.8. The van der Waals surface area contributed by atoms with Crippen molar-refractivity contribution in [3.63, 3.8) is 0 Å². The number of carbonyl (C=O) groups is 3. The third-order valence-corrected chi connectivity index (χ3v) is 8.38. The number of primary amides is 1. The molecule has 8 heteroatoms. The number of amides is 3. The fourth-order valence-corrected chi connectivity index (χ4v) is 7.32. The lowest BCUT2D eigenvalue weighted by Gasteiger charge is -2.58. The second kappa shape index (κ2) is 7.01. The van der Waals surface area contributed by atoms with Crippen LogP contribution in [0.15, 0.2) is 0 Å². The Labute approximate surface area is 183 Å². The van der Waals surface area contributed by atoms with Crippen molar-refractivity contribution in [2.45, 2.75) is 77.0 Å². The fraction of sp³-hybridized carbons (Fsp3) is 0.870. The van der Waals surface area contributed by atoms with E-state index in [0.717, 1.165) is 38.5 Å². The molecule has 2 unspecified atom stereocenters. The smallest absolute Gasteiger partial charge is 0.410 e. The topological polar surface area (TPSA) is 102 Å². The molecule has 0 spiro atoms. The van der Waals surface area contributed by atoms with Crippen LogP contribution >= 0.6 is 0 Å². The van der Waals surface area contributed by atoms with E-state index in [1.807, 2.05) is 20.8 Å². The van der Waals surface area contributed by atoms with Gasteiger partial charge in [-0.2, -0.15) is 0 Å². The van der Waals surface area contributed by atoms with Crippen molar-refractivity contribution >= 4 is 18.1 Å². The third-order valence-electron chi connectivity index (χ3n) is 8.38. The first-order chi connectivity index (χ1) is 14.5. The zero-order valence-corrected chi connectivity index (χ0v) is 18.8. The maximum absolute atomic E-state index is 13.1. The van der Waals surface area contributed by atoms with Gasteiger partial charge in [-0.25, -0.2) is 9.59 Å². The van der Waals surface area contributed by atoms with E-state index in [-0.39, 0.29) is 53.4 Å². The summed E-state index contributed by atoms with van der Waals surface area (Å²) in [6.07, 6.45) is 4.67. The van der Waals surface area contributed by atoms with Gasteiger partial charge in [0, 0.05) is 25.6 Å². The van der Waals surface area contributed by atoms with E-state index in [0.29, 0.717) is 25.6 Å². The summed E-state index contributed by atoms with van der Waals surface area (Å²) in [6.45, 7) is 7.40. The average Bonchev–Trinajstić information content (AvgIpc) is 3.23. The highest BCUT2D eigenvalue weighted by Crippen LogP contribution is 2.60. The Morgan fingerprint density at radius 2 is 1.65 bits per heavy atom. The summed E-state index contributed by atoms with van der Waals surface area (Å²) in [5, 5.41) is 0. The van der Waals surface area contributed by atoms with Crippen LogP contribution in [0.1, 0.15) is 59.3 Å². The first-order valence-electron chi connectivity index (χ1n) is 11.8. The predicted molar refractivity (Wildman–Crippen MR) is 112 cm³/mol. The molecule has 2 aliphatic heterocycles. The van der Waals surface area contributed by atoms with Crippen molar-refractivity contribution in [3.8, 4) is 0 Å². The number of hydrogen-bond donors (Lipinski definition) is 1. The standard InChI is InChI=1S/C23H35N3O5/c1-22(2,3)31-21(29)26-5-4-14-11-25(12-17(14)26)20(28)30-18-15-6-13-7-16(18)10-23(8-13,9-15)19(24)27/h13-18H,4-12H2,1-3H3,(H2,24,27)/t13?,14?,15-,16-,17?,18?,23?/m1/s1. The van der Waals surface area contributed by atoms with E-state index in [1.54, 1.807) is 9.80 Å². The maximum atomic E-state index is 13.1. The van der Waals surface area contributed by atoms with Gasteiger partial charge in [-0.1, -0.05) is 0 Å². The van der Waals surface area contributed by atoms with Crippen LogP contribution in [-0.2, 0) is 14.3 Å². The number of likely N-dealkylation sites (tertiary alicyclic amines) is 2. The van der Waals surface area contributed by atoms with Crippen molar-refractivity contribution in [3.05, 3.63) is 0 Å². The summed E-state index contributed by atoms with van der Waals surface area (Å²) in [6, 6.07) is -0.000897. The molecule has 0 aromatic heterocycles. The quantitative estimate of drug-likeness (QED) is 0.721. The summed E-state index contributed by atoms with van der Waals surface area (Å²) in [5.74, 6) is 1.11. The molecule has 4 bridgehead atoms. The molecule has 6 fully saturated rings. The molecule has 0 aromatic rings. The van der Waals surface area contributed by atoms with Crippen molar-refractivity contribution in [2.75, 3.05) is 19.6 Å². The van der Waals surface area contributed by atoms with Crippen LogP contribution in [-0.4, -0.2) is 65.3 Å². The Morgan fingerprint density at radius 1 is 0.968 bits per heavy atom. The van der Waals surface area contributed by atoms with Crippen LogP contribution in [0.2, 0.25) is 0 Å². The molecule has 0 aromatic carbocycles. The van der Waals surface area contributed by atoms with Gasteiger partial charge in [0.2, 0.25) is 5.91 Å². The Morgan fingerprint density at radius 3 is 2.26 bits per heavy atom. The SMILES string of the molecule is CC(C)(C)OC(=O)N1CCC2CN(C(=O)OC3[C@@H]4CC5C[C@@H]3CC(C(N)=O)(C5)C4)CC21. The molecular weight excluding hydrogens is 398 g/mol. The predicted octanol–water partition coefficient (Wildman–Crippen LogP) is 2.74. The highest BCUT2D eigenvalue weighted by Gasteiger charge is 2.59. The summed E-state index contributed by atoms with van der Waals surface area (Å²) >= 11 is 0. The van der Waals surface area contributed by atoms with Gasteiger partial charge < -0.3 is 25.0 Å². The van der Waals surface area contributed by atoms with Gasteiger partial charge in [-0.05, 0) is 77.0 Å². The first kappa shape index (κ1) is 20.9. The molecule has 31 heavy (non-hydrogen) atoms. The van der Waals surface area contributed by atoms with E-state index in [2.05, 4.69) is 0 Å². The highest BCUT2D eigenvalue weighted by molar-refractivity contribution is 5.81. The molecule has 4 atom stereocenters. The second-order valence-corrected chi connectivity index (χ2v) is 11.7. The summed E-state index contributed by atoms with van der Waals surface area (Å²) in [4.78, 5) is 41.3. The van der Waals surface area contributed by atoms with Crippen LogP contribution in [0.4, 0.5) is 9.59 Å². The molecule has 4 aliphatic carbocycles. The number of rotatable bonds is 2. The largest absolute Gasteiger partial charge is 0.446 e. The van der Waals surface area contributed by atoms with Gasteiger partial charge in [0.15, 0.2) is 0 Å². The number of fused-ring (bicyclic) bond motifs is 1. The minimum Gasteiger partial charge on any atom is -0.446 e. The van der Waals surface area contributed by atoms with Crippen LogP contribution in [0.3, 0.4) is 0 Å². The Hall–Kier alpha value is -1.99. The van der Waals surface area contributed by atoms with Gasteiger partial charge >= 0.3 is 12.2 Å². The highest BCUT2D eigenvalue weighted by atomic mass is 16.6. The molecule has 2 saturated heterocycles. The monoisotopic (exact) mass is 433 g/mol. The van der Waals surface area contributed by atoms with Gasteiger partial charge in [-0.3, -0.25) is 4.79 Å². The Kier molecular flexibility index (Phi) is 4.72. The van der Waals surface area contributed by atoms with Crippen molar-refractivity contribution in [2.24, 2.45) is 34.8 Å². The molecular formula is C23H35N3O5. The maximum Gasteiger partial charge on any atom is 0.410 e. The third kappa shape index (κ3) is 3.55. The zero-order chi connectivity index (χ0) is 22.1. The molecule has 2 N–H and O–H groups in total. The van der Waals surface area contributed by atoms with E-state index < -0.39 is 5.60 Å². The van der Waals surface area contributed by atoms with Crippen molar-refractivity contribution in [1.29, 1.82) is 0 Å². The van der Waals surface area contributed by atoms with Crippen LogP contribution in [0, 0.1) is 29.1 Å². The summed E-state index contributed by atoms with van der Waals surface area (Å²) in [5.41, 5.74) is 4.86. The lowest BCUT2D eigenvalue weighted by molar-refractivity contribution is -0.161. The second-order valence-electron chi connectivity index (χ2n) is 11.7. The number of nitrogens with zero attached hydrogens (tertiary/aromatic N) is 2. The molecule has 3 amide bonds. The average molecular weight is 434 g/mol. The van der Waals surface area contributed by atoms with Crippen LogP contribution < -0.4 is 5.73 Å². The lowest BCUT2D eigenvalue weighted by atomic mass is 9.48. The Bertz CT molecular complexity index is 777. The number of nitrogens with two attached hydrogens (primary N) is 1. The molecule has 8 nitrogen and oxygen atoms in total. The normalized spacial score (nSPS) is 40.7. The van der Waals surface area contributed by atoms with Gasteiger partial charge in [0.1, 0.15) is 11.7 Å². The van der Waals surface area contributed by atoms with Crippen molar-refractivity contribution < 1.29 is 23.9 Å². The summed E-state index contributed by atoms with van der Waals surface area (Å²) in [7, 11) is 0. The van der Waals surface area contributed by atoms with E-state index in [1.165, 1.54) is 0 Å². The van der Waals surface area contributed by atoms with Crippen LogP contribution in [0.25, 0.3) is 0 Å². The molecule has 172 valence electrons. The number of carbonyl (C=O) groups excluding carboxylic acids is 3. The molecule has 6 rings (SSSR count). The van der Waals surface area contributed by atoms with E-state index >= 15 is 0 Å². The van der Waals surface area contributed by atoms with E-state index in [4.69, 9.17) is 15.2 Å². The van der Waals surface area contributed by atoms with Crippen LogP contribution in [0.5, 0.6) is 0 Å². The van der Waals surface area contributed by atoms with Gasteiger partial charge in [0.05, 0.1) is 11.5 Å². The number of hydrogen-bond acceptors (Lipinski definition) is 5.